The molecule has 0 unspecified atom stereocenters. The summed E-state index contributed by atoms with van der Waals surface area (Å²) in [4.78, 5) is 39.3. The quantitative estimate of drug-likeness (QED) is 0.618. The molecule has 0 fully saturated rings. The molecule has 3 rings (SSSR count). The number of pyridine rings is 1. The number of aliphatic carboxylic acids is 1. The number of carboxylic acids is 2. The number of hydrogen-bond donors (Lipinski definition) is 3. The standard InChI is InChI=1S/C20H16N2O5/c23-18(15-5-1-3-13-4-2-10-21-17(13)15)22-16(20(26)27)11-12-6-8-14(9-7-12)19(24)25/h1-10,16H,11H2,(H,22,23)(H,24,25)(H,26,27)/t16-/m1/s1. The molecule has 0 radical (unpaired) electrons. The third-order valence-corrected chi connectivity index (χ3v) is 4.12. The molecule has 0 spiro atoms. The Morgan fingerprint density at radius 3 is 2.33 bits per heavy atom. The summed E-state index contributed by atoms with van der Waals surface area (Å²) in [5.74, 6) is -2.78. The molecule has 3 N–H and O–H groups in total. The highest BCUT2D eigenvalue weighted by Crippen LogP contribution is 2.16. The Morgan fingerprint density at radius 2 is 1.67 bits per heavy atom. The van der Waals surface area contributed by atoms with Crippen LogP contribution in [0.2, 0.25) is 0 Å². The molecule has 0 saturated heterocycles. The Bertz CT molecular complexity index is 1010. The van der Waals surface area contributed by atoms with Gasteiger partial charge in [0.1, 0.15) is 6.04 Å². The molecule has 7 nitrogen and oxygen atoms in total. The number of benzene rings is 2. The molecule has 2 aromatic carbocycles. The van der Waals surface area contributed by atoms with Gasteiger partial charge in [0.25, 0.3) is 5.91 Å². The number of nitrogens with one attached hydrogen (secondary N) is 1. The second kappa shape index (κ2) is 7.65. The summed E-state index contributed by atoms with van der Waals surface area (Å²) in [5, 5.41) is 21.7. The molecule has 27 heavy (non-hydrogen) atoms. The van der Waals surface area contributed by atoms with Crippen LogP contribution in [0.15, 0.2) is 60.8 Å². The van der Waals surface area contributed by atoms with Crippen LogP contribution in [0, 0.1) is 0 Å². The maximum absolute atomic E-state index is 12.6. The zero-order valence-electron chi connectivity index (χ0n) is 14.1. The minimum absolute atomic E-state index is 0.0270. The van der Waals surface area contributed by atoms with E-state index >= 15 is 0 Å². The number of carbonyl (C=O) groups excluding carboxylic acids is 1. The van der Waals surface area contributed by atoms with Gasteiger partial charge in [-0.15, -0.1) is 0 Å². The first-order valence-corrected chi connectivity index (χ1v) is 8.15. The van der Waals surface area contributed by atoms with Gasteiger partial charge in [-0.25, -0.2) is 9.59 Å². The van der Waals surface area contributed by atoms with Crippen LogP contribution in [0.4, 0.5) is 0 Å². The number of aromatic nitrogens is 1. The molecular weight excluding hydrogens is 348 g/mol. The van der Waals surface area contributed by atoms with Gasteiger partial charge in [-0.2, -0.15) is 0 Å². The lowest BCUT2D eigenvalue weighted by atomic mass is 10.0. The van der Waals surface area contributed by atoms with Crippen LogP contribution in [0.25, 0.3) is 10.9 Å². The van der Waals surface area contributed by atoms with Gasteiger partial charge in [0.15, 0.2) is 0 Å². The minimum Gasteiger partial charge on any atom is -0.480 e. The Balaban J connectivity index is 1.80. The number of nitrogens with zero attached hydrogens (tertiary/aromatic N) is 1. The van der Waals surface area contributed by atoms with Crippen molar-refractivity contribution in [3.05, 3.63) is 77.5 Å². The Labute approximate surface area is 154 Å². The molecule has 0 bridgehead atoms. The molecule has 1 aromatic heterocycles. The normalized spacial score (nSPS) is 11.7. The Kier molecular flexibility index (Phi) is 5.12. The predicted octanol–water partition coefficient (Wildman–Crippen LogP) is 2.36. The summed E-state index contributed by atoms with van der Waals surface area (Å²) in [5.41, 5.74) is 1.49. The maximum atomic E-state index is 12.6. The number of amides is 1. The van der Waals surface area contributed by atoms with Crippen molar-refractivity contribution in [1.29, 1.82) is 0 Å². The van der Waals surface area contributed by atoms with Gasteiger partial charge < -0.3 is 15.5 Å². The summed E-state index contributed by atoms with van der Waals surface area (Å²) in [6, 6.07) is 13.4. The molecule has 1 heterocycles. The average Bonchev–Trinajstić information content (AvgIpc) is 2.67. The predicted molar refractivity (Wildman–Crippen MR) is 97.7 cm³/mol. The van der Waals surface area contributed by atoms with Gasteiger partial charge in [0.2, 0.25) is 0 Å². The molecule has 0 aliphatic rings. The van der Waals surface area contributed by atoms with E-state index in [1.165, 1.54) is 24.3 Å². The summed E-state index contributed by atoms with van der Waals surface area (Å²) < 4.78 is 0. The van der Waals surface area contributed by atoms with E-state index in [2.05, 4.69) is 10.3 Å². The van der Waals surface area contributed by atoms with Crippen molar-refractivity contribution >= 4 is 28.7 Å². The van der Waals surface area contributed by atoms with E-state index in [0.717, 1.165) is 5.39 Å². The van der Waals surface area contributed by atoms with Gasteiger partial charge in [-0.3, -0.25) is 9.78 Å². The summed E-state index contributed by atoms with van der Waals surface area (Å²) in [6.07, 6.45) is 1.59. The number of carbonyl (C=O) groups is 3. The second-order valence-corrected chi connectivity index (χ2v) is 5.95. The van der Waals surface area contributed by atoms with Crippen molar-refractivity contribution < 1.29 is 24.6 Å². The summed E-state index contributed by atoms with van der Waals surface area (Å²) in [6.45, 7) is 0. The SMILES string of the molecule is O=C(O)c1ccc(C[C@@H](NC(=O)c2cccc3cccnc23)C(=O)O)cc1. The lowest BCUT2D eigenvalue weighted by Gasteiger charge is -2.15. The zero-order valence-corrected chi connectivity index (χ0v) is 14.1. The number of aromatic carboxylic acids is 1. The first-order valence-electron chi connectivity index (χ1n) is 8.15. The number of carboxylic acid groups (broad SMARTS) is 2. The average molecular weight is 364 g/mol. The van der Waals surface area contributed by atoms with E-state index in [9.17, 15) is 19.5 Å². The highest BCUT2D eigenvalue weighted by molar-refractivity contribution is 6.06. The van der Waals surface area contributed by atoms with E-state index in [1.54, 1.807) is 24.4 Å². The van der Waals surface area contributed by atoms with Crippen LogP contribution in [0.3, 0.4) is 0 Å². The molecule has 3 aromatic rings. The van der Waals surface area contributed by atoms with Crippen LogP contribution in [-0.4, -0.2) is 39.1 Å². The van der Waals surface area contributed by atoms with Crippen LogP contribution in [0.5, 0.6) is 0 Å². The molecule has 0 aliphatic carbocycles. The van der Waals surface area contributed by atoms with Crippen molar-refractivity contribution in [2.45, 2.75) is 12.5 Å². The minimum atomic E-state index is -1.18. The van der Waals surface area contributed by atoms with Gasteiger partial charge in [-0.05, 0) is 29.8 Å². The molecule has 7 heteroatoms. The number of para-hydroxylation sites is 1. The molecule has 1 atom stereocenters. The summed E-state index contributed by atoms with van der Waals surface area (Å²) >= 11 is 0. The first-order chi connectivity index (χ1) is 13.0. The smallest absolute Gasteiger partial charge is 0.335 e. The fourth-order valence-electron chi connectivity index (χ4n) is 2.74. The third-order valence-electron chi connectivity index (χ3n) is 4.12. The monoisotopic (exact) mass is 364 g/mol. The van der Waals surface area contributed by atoms with Crippen LogP contribution < -0.4 is 5.32 Å². The molecular formula is C20H16N2O5. The van der Waals surface area contributed by atoms with Crippen molar-refractivity contribution in [1.82, 2.24) is 10.3 Å². The molecule has 0 saturated carbocycles. The van der Waals surface area contributed by atoms with Crippen LogP contribution in [0.1, 0.15) is 26.3 Å². The van der Waals surface area contributed by atoms with Crippen LogP contribution in [-0.2, 0) is 11.2 Å². The van der Waals surface area contributed by atoms with Crippen LogP contribution >= 0.6 is 0 Å². The lowest BCUT2D eigenvalue weighted by Crippen LogP contribution is -2.42. The van der Waals surface area contributed by atoms with Gasteiger partial charge in [-0.1, -0.05) is 30.3 Å². The topological polar surface area (TPSA) is 117 Å². The Hall–Kier alpha value is -3.74. The Morgan fingerprint density at radius 1 is 0.963 bits per heavy atom. The van der Waals surface area contributed by atoms with Gasteiger partial charge >= 0.3 is 11.9 Å². The van der Waals surface area contributed by atoms with Crippen molar-refractivity contribution in [2.75, 3.05) is 0 Å². The number of rotatable bonds is 6. The van der Waals surface area contributed by atoms with Crippen molar-refractivity contribution in [3.63, 3.8) is 0 Å². The van der Waals surface area contributed by atoms with E-state index < -0.39 is 23.9 Å². The van der Waals surface area contributed by atoms with Crippen molar-refractivity contribution in [3.8, 4) is 0 Å². The zero-order chi connectivity index (χ0) is 19.4. The van der Waals surface area contributed by atoms with Crippen molar-refractivity contribution in [2.24, 2.45) is 0 Å². The fourth-order valence-corrected chi connectivity index (χ4v) is 2.74. The summed E-state index contributed by atoms with van der Waals surface area (Å²) in [7, 11) is 0. The molecule has 1 amide bonds. The number of fused-ring (bicyclic) bond motifs is 1. The highest BCUT2D eigenvalue weighted by atomic mass is 16.4. The lowest BCUT2D eigenvalue weighted by molar-refractivity contribution is -0.139. The largest absolute Gasteiger partial charge is 0.480 e. The number of hydrogen-bond acceptors (Lipinski definition) is 4. The van der Waals surface area contributed by atoms with E-state index in [4.69, 9.17) is 5.11 Å². The third kappa shape index (κ3) is 4.09. The highest BCUT2D eigenvalue weighted by Gasteiger charge is 2.22. The maximum Gasteiger partial charge on any atom is 0.335 e. The van der Waals surface area contributed by atoms with Gasteiger partial charge in [0.05, 0.1) is 16.6 Å². The molecule has 136 valence electrons. The van der Waals surface area contributed by atoms with E-state index in [1.807, 2.05) is 12.1 Å². The van der Waals surface area contributed by atoms with E-state index in [0.29, 0.717) is 16.6 Å². The fraction of sp³-hybridized carbons (Fsp3) is 0.100. The van der Waals surface area contributed by atoms with Gasteiger partial charge in [0, 0.05) is 18.0 Å². The first kappa shape index (κ1) is 18.1. The second-order valence-electron chi connectivity index (χ2n) is 5.95. The molecule has 0 aliphatic heterocycles. The van der Waals surface area contributed by atoms with E-state index in [-0.39, 0.29) is 12.0 Å².